The van der Waals surface area contributed by atoms with Gasteiger partial charge in [0.15, 0.2) is 8.32 Å². The maximum Gasteiger partial charge on any atom is 0.192 e. The van der Waals surface area contributed by atoms with Gasteiger partial charge in [0.05, 0.1) is 66.1 Å². The van der Waals surface area contributed by atoms with Gasteiger partial charge in [-0.2, -0.15) is 0 Å². The Kier molecular flexibility index (Phi) is 20.1. The Morgan fingerprint density at radius 3 is 1.30 bits per heavy atom. The van der Waals surface area contributed by atoms with Crippen LogP contribution in [0.2, 0.25) is 18.1 Å². The predicted octanol–water partition coefficient (Wildman–Crippen LogP) is 4.89. The molecular formula is C22H47ClO6Si. The zero-order valence-electron chi connectivity index (χ0n) is 20.1. The normalized spacial score (nSPS) is 12.6. The third-order valence-corrected chi connectivity index (χ3v) is 9.96. The highest BCUT2D eigenvalue weighted by Crippen LogP contribution is 2.36. The molecule has 0 fully saturated rings. The number of alkyl halides is 1. The van der Waals surface area contributed by atoms with Crippen molar-refractivity contribution in [1.82, 2.24) is 0 Å². The van der Waals surface area contributed by atoms with Crippen LogP contribution < -0.4 is 0 Å². The Morgan fingerprint density at radius 1 is 0.533 bits per heavy atom. The molecule has 0 bridgehead atoms. The van der Waals surface area contributed by atoms with E-state index in [0.717, 1.165) is 25.3 Å². The Morgan fingerprint density at radius 2 is 0.900 bits per heavy atom. The van der Waals surface area contributed by atoms with Crippen molar-refractivity contribution in [3.05, 3.63) is 0 Å². The lowest BCUT2D eigenvalue weighted by Crippen LogP contribution is -2.41. The van der Waals surface area contributed by atoms with Gasteiger partial charge in [-0.25, -0.2) is 0 Å². The summed E-state index contributed by atoms with van der Waals surface area (Å²) in [7, 11) is -1.67. The van der Waals surface area contributed by atoms with Gasteiger partial charge in [0.1, 0.15) is 0 Å². The van der Waals surface area contributed by atoms with E-state index in [1.54, 1.807) is 0 Å². The molecule has 0 aliphatic rings. The van der Waals surface area contributed by atoms with E-state index in [1.807, 2.05) is 0 Å². The smallest absolute Gasteiger partial charge is 0.192 e. The lowest BCUT2D eigenvalue weighted by molar-refractivity contribution is -0.0131. The maximum atomic E-state index is 6.06. The van der Waals surface area contributed by atoms with Crippen LogP contribution in [0.5, 0.6) is 0 Å². The number of hydrogen-bond acceptors (Lipinski definition) is 6. The summed E-state index contributed by atoms with van der Waals surface area (Å²) in [5.74, 6) is 0.755. The topological polar surface area (TPSA) is 55.4 Å². The zero-order valence-corrected chi connectivity index (χ0v) is 21.9. The van der Waals surface area contributed by atoms with Gasteiger partial charge < -0.3 is 28.1 Å². The van der Waals surface area contributed by atoms with E-state index in [9.17, 15) is 0 Å². The monoisotopic (exact) mass is 470 g/mol. The third-order valence-electron chi connectivity index (χ3n) is 5.16. The molecule has 0 spiro atoms. The molecule has 6 nitrogen and oxygen atoms in total. The minimum absolute atomic E-state index is 0.235. The summed E-state index contributed by atoms with van der Waals surface area (Å²) in [5.41, 5.74) is 0. The van der Waals surface area contributed by atoms with Crippen LogP contribution >= 0.6 is 11.6 Å². The van der Waals surface area contributed by atoms with Crippen molar-refractivity contribution in [2.24, 2.45) is 0 Å². The van der Waals surface area contributed by atoms with Crippen molar-refractivity contribution in [2.45, 2.75) is 64.6 Å². The first-order chi connectivity index (χ1) is 14.3. The highest BCUT2D eigenvalue weighted by atomic mass is 35.5. The minimum Gasteiger partial charge on any atom is -0.414 e. The van der Waals surface area contributed by atoms with Crippen LogP contribution in [0.4, 0.5) is 0 Å². The van der Waals surface area contributed by atoms with Gasteiger partial charge in [-0.15, -0.1) is 11.6 Å². The highest BCUT2D eigenvalue weighted by Gasteiger charge is 2.36. The van der Waals surface area contributed by atoms with Crippen molar-refractivity contribution in [3.63, 3.8) is 0 Å². The molecule has 0 saturated carbocycles. The summed E-state index contributed by atoms with van der Waals surface area (Å²) in [6.45, 7) is 18.0. The average Bonchev–Trinajstić information content (AvgIpc) is 2.68. The van der Waals surface area contributed by atoms with Gasteiger partial charge in [-0.05, 0) is 31.0 Å². The molecule has 30 heavy (non-hydrogen) atoms. The number of unbranched alkanes of at least 4 members (excludes halogenated alkanes) is 3. The fourth-order valence-electron chi connectivity index (χ4n) is 2.21. The maximum absolute atomic E-state index is 6.06. The van der Waals surface area contributed by atoms with Crippen LogP contribution in [-0.4, -0.2) is 86.9 Å². The summed E-state index contributed by atoms with van der Waals surface area (Å²) in [6, 6.07) is 0. The van der Waals surface area contributed by atoms with E-state index in [-0.39, 0.29) is 5.04 Å². The summed E-state index contributed by atoms with van der Waals surface area (Å²) in [4.78, 5) is 0. The largest absolute Gasteiger partial charge is 0.414 e. The number of ether oxygens (including phenoxy) is 5. The Hall–Kier alpha value is 0.267. The van der Waals surface area contributed by atoms with Crippen molar-refractivity contribution in [2.75, 3.05) is 78.6 Å². The lowest BCUT2D eigenvalue weighted by Gasteiger charge is -2.36. The van der Waals surface area contributed by atoms with Gasteiger partial charge in [0, 0.05) is 12.5 Å². The van der Waals surface area contributed by atoms with Crippen molar-refractivity contribution in [1.29, 1.82) is 0 Å². The second-order valence-corrected chi connectivity index (χ2v) is 14.0. The van der Waals surface area contributed by atoms with Gasteiger partial charge in [-0.3, -0.25) is 0 Å². The van der Waals surface area contributed by atoms with Crippen molar-refractivity contribution in [3.8, 4) is 0 Å². The molecule has 0 saturated heterocycles. The predicted molar refractivity (Wildman–Crippen MR) is 126 cm³/mol. The van der Waals surface area contributed by atoms with Gasteiger partial charge in [0.2, 0.25) is 0 Å². The van der Waals surface area contributed by atoms with E-state index >= 15 is 0 Å². The van der Waals surface area contributed by atoms with E-state index in [0.29, 0.717) is 66.1 Å². The van der Waals surface area contributed by atoms with Gasteiger partial charge in [-0.1, -0.05) is 33.6 Å². The summed E-state index contributed by atoms with van der Waals surface area (Å²) in [5, 5.41) is 0.235. The molecule has 0 rings (SSSR count). The molecule has 0 aromatic heterocycles. The molecule has 0 aliphatic carbocycles. The molecule has 0 heterocycles. The minimum atomic E-state index is -1.67. The Balaban J connectivity index is 3.17. The van der Waals surface area contributed by atoms with E-state index in [1.165, 1.54) is 12.8 Å². The lowest BCUT2D eigenvalue weighted by atomic mass is 10.2. The van der Waals surface area contributed by atoms with Crippen molar-refractivity contribution >= 4 is 19.9 Å². The van der Waals surface area contributed by atoms with Crippen LogP contribution in [0.1, 0.15) is 46.5 Å². The molecule has 8 heteroatoms. The Bertz CT molecular complexity index is 366. The highest BCUT2D eigenvalue weighted by molar-refractivity contribution is 6.74. The molecule has 182 valence electrons. The van der Waals surface area contributed by atoms with Crippen LogP contribution in [0.25, 0.3) is 0 Å². The van der Waals surface area contributed by atoms with Crippen LogP contribution in [0.15, 0.2) is 0 Å². The average molecular weight is 471 g/mol. The summed E-state index contributed by atoms with van der Waals surface area (Å²) < 4.78 is 33.6. The second-order valence-electron chi connectivity index (χ2n) is 8.77. The standard InChI is InChI=1S/C22H47ClO6Si/c1-22(2,3)30(4,5)29-21-20-28-19-18-27-17-16-26-15-14-25-13-12-24-11-9-7-6-8-10-23/h6-21H2,1-5H3. The van der Waals surface area contributed by atoms with E-state index in [4.69, 9.17) is 39.7 Å². The van der Waals surface area contributed by atoms with E-state index < -0.39 is 8.32 Å². The summed E-state index contributed by atoms with van der Waals surface area (Å²) in [6.07, 6.45) is 4.55. The molecule has 0 aromatic rings. The van der Waals surface area contributed by atoms with Crippen LogP contribution in [0.3, 0.4) is 0 Å². The number of hydrogen-bond donors (Lipinski definition) is 0. The third kappa shape index (κ3) is 19.0. The number of rotatable bonds is 22. The van der Waals surface area contributed by atoms with Gasteiger partial charge in [0.25, 0.3) is 0 Å². The Labute approximate surface area is 191 Å². The molecule has 0 unspecified atom stereocenters. The van der Waals surface area contributed by atoms with Crippen LogP contribution in [0, 0.1) is 0 Å². The quantitative estimate of drug-likeness (QED) is 0.127. The molecule has 0 amide bonds. The molecule has 0 radical (unpaired) electrons. The first kappa shape index (κ1) is 30.3. The first-order valence-electron chi connectivity index (χ1n) is 11.4. The molecule has 0 N–H and O–H groups in total. The molecular weight excluding hydrogens is 424 g/mol. The number of halogens is 1. The van der Waals surface area contributed by atoms with Crippen molar-refractivity contribution < 1.29 is 28.1 Å². The van der Waals surface area contributed by atoms with Crippen LogP contribution in [-0.2, 0) is 28.1 Å². The molecule has 0 aromatic carbocycles. The fourth-order valence-corrected chi connectivity index (χ4v) is 3.42. The second kappa shape index (κ2) is 19.9. The zero-order chi connectivity index (χ0) is 22.6. The van der Waals surface area contributed by atoms with Gasteiger partial charge >= 0.3 is 0 Å². The van der Waals surface area contributed by atoms with E-state index in [2.05, 4.69) is 33.9 Å². The molecule has 0 aliphatic heterocycles. The first-order valence-corrected chi connectivity index (χ1v) is 14.8. The molecule has 0 atom stereocenters. The summed E-state index contributed by atoms with van der Waals surface area (Å²) >= 11 is 5.64. The fraction of sp³-hybridized carbons (Fsp3) is 1.00. The SMILES string of the molecule is CC(C)(C)[Si](C)(C)OCCOCCOCCOCCOCCOCCCCCCCl.